The van der Waals surface area contributed by atoms with Gasteiger partial charge in [-0.2, -0.15) is 0 Å². The molecule has 1 saturated carbocycles. The molecule has 3 heterocycles. The second-order valence-electron chi connectivity index (χ2n) is 10.0. The average molecular weight is 444 g/mol. The van der Waals surface area contributed by atoms with Gasteiger partial charge in [0.25, 0.3) is 5.91 Å². The number of rotatable bonds is 8. The molecule has 8 nitrogen and oxygen atoms in total. The van der Waals surface area contributed by atoms with Crippen molar-refractivity contribution in [3.05, 3.63) is 23.7 Å². The van der Waals surface area contributed by atoms with E-state index in [0.29, 0.717) is 42.4 Å². The number of piperidine rings is 1. The van der Waals surface area contributed by atoms with Crippen LogP contribution in [-0.2, 0) is 16.3 Å². The first-order chi connectivity index (χ1) is 14.7. The fourth-order valence-electron chi connectivity index (χ4n) is 3.85. The van der Waals surface area contributed by atoms with E-state index in [1.54, 1.807) is 18.1 Å². The zero-order valence-electron chi connectivity index (χ0n) is 19.0. The smallest absolute Gasteiger partial charge is 0.255 e. The van der Waals surface area contributed by atoms with Crippen LogP contribution < -0.4 is 5.32 Å². The number of hydrogen-bond donors (Lipinski definition) is 1. The van der Waals surface area contributed by atoms with Gasteiger partial charge in [-0.05, 0) is 31.7 Å². The van der Waals surface area contributed by atoms with E-state index in [9.17, 15) is 9.59 Å². The number of aromatic nitrogens is 3. The third-order valence-corrected chi connectivity index (χ3v) is 7.72. The maximum atomic E-state index is 13.2. The summed E-state index contributed by atoms with van der Waals surface area (Å²) in [5, 5.41) is 2.93. The number of nitrogens with one attached hydrogen (secondary N) is 1. The third-order valence-electron chi connectivity index (χ3n) is 6.02. The van der Waals surface area contributed by atoms with Crippen molar-refractivity contribution < 1.29 is 14.3 Å². The predicted molar refractivity (Wildman–Crippen MR) is 122 cm³/mol. The minimum Gasteiger partial charge on any atom is -0.361 e. The van der Waals surface area contributed by atoms with E-state index in [2.05, 4.69) is 29.9 Å². The number of amides is 2. The third kappa shape index (κ3) is 5.15. The van der Waals surface area contributed by atoms with Crippen LogP contribution in [0.1, 0.15) is 47.7 Å². The quantitative estimate of drug-likeness (QED) is 0.500. The van der Waals surface area contributed by atoms with Crippen molar-refractivity contribution in [1.82, 2.24) is 24.8 Å². The number of likely N-dealkylation sites (tertiary alicyclic amines) is 1. The Morgan fingerprint density at radius 1 is 1.29 bits per heavy atom. The van der Waals surface area contributed by atoms with Crippen molar-refractivity contribution in [2.75, 3.05) is 20.2 Å². The molecule has 2 fully saturated rings. The van der Waals surface area contributed by atoms with Gasteiger partial charge >= 0.3 is 0 Å². The van der Waals surface area contributed by atoms with Crippen LogP contribution in [0, 0.1) is 0 Å². The van der Waals surface area contributed by atoms with Crippen molar-refractivity contribution in [2.24, 2.45) is 0 Å². The molecule has 9 heteroatoms. The number of ether oxygens (including phenoxy) is 1. The van der Waals surface area contributed by atoms with Gasteiger partial charge in [0.05, 0.1) is 17.5 Å². The normalized spacial score (nSPS) is 19.8. The minimum absolute atomic E-state index is 0.0391. The van der Waals surface area contributed by atoms with Gasteiger partial charge in [-0.15, -0.1) is 0 Å². The summed E-state index contributed by atoms with van der Waals surface area (Å²) in [6.07, 6.45) is 7.36. The second kappa shape index (κ2) is 8.70. The summed E-state index contributed by atoms with van der Waals surface area (Å²) in [5.74, 6) is 0.127. The summed E-state index contributed by atoms with van der Waals surface area (Å²) in [7, 11) is 0.601. The van der Waals surface area contributed by atoms with Crippen molar-refractivity contribution in [1.29, 1.82) is 0 Å². The van der Waals surface area contributed by atoms with Crippen molar-refractivity contribution in [3.8, 4) is 0 Å². The molecule has 1 atom stereocenters. The predicted octanol–water partition coefficient (Wildman–Crippen LogP) is 2.97. The highest BCUT2D eigenvalue weighted by Gasteiger charge is 2.30. The Labute approximate surface area is 184 Å². The second-order valence-corrected chi connectivity index (χ2v) is 15.7. The van der Waals surface area contributed by atoms with E-state index in [1.807, 2.05) is 10.8 Å². The molecule has 1 saturated heterocycles. The van der Waals surface area contributed by atoms with Crippen molar-refractivity contribution in [3.63, 3.8) is 0 Å². The summed E-state index contributed by atoms with van der Waals surface area (Å²) in [6, 6.07) is 0.589. The Hall–Kier alpha value is -2.26. The van der Waals surface area contributed by atoms with E-state index in [0.717, 1.165) is 37.5 Å². The molecule has 2 amide bonds. The standard InChI is InChI=1S/C22H33N5O3Si/c1-26-9-5-6-17(22(26)29)25-21(28)16-13-27(14-30-10-11-31(2,3)4)20-19(16)24-18(12-23-20)15-7-8-15/h12-13,15,17H,5-11,14H2,1-4H3,(H,25,28)/t17-/m1/s1. The van der Waals surface area contributed by atoms with Gasteiger partial charge in [-0.1, -0.05) is 19.6 Å². The van der Waals surface area contributed by atoms with E-state index in [4.69, 9.17) is 9.72 Å². The summed E-state index contributed by atoms with van der Waals surface area (Å²) < 4.78 is 7.76. The summed E-state index contributed by atoms with van der Waals surface area (Å²) in [4.78, 5) is 36.7. The molecule has 1 aliphatic heterocycles. The van der Waals surface area contributed by atoms with Gasteiger partial charge in [-0.3, -0.25) is 9.59 Å². The highest BCUT2D eigenvalue weighted by Crippen LogP contribution is 2.39. The lowest BCUT2D eigenvalue weighted by Crippen LogP contribution is -2.50. The lowest BCUT2D eigenvalue weighted by molar-refractivity contribution is -0.134. The Balaban J connectivity index is 1.56. The topological polar surface area (TPSA) is 89.3 Å². The summed E-state index contributed by atoms with van der Waals surface area (Å²) in [5.41, 5.74) is 2.63. The van der Waals surface area contributed by atoms with E-state index < -0.39 is 14.1 Å². The van der Waals surface area contributed by atoms with Gasteiger partial charge in [0.15, 0.2) is 5.65 Å². The molecule has 0 bridgehead atoms. The molecule has 1 aliphatic carbocycles. The molecule has 168 valence electrons. The molecule has 31 heavy (non-hydrogen) atoms. The van der Waals surface area contributed by atoms with Crippen molar-refractivity contribution >= 4 is 31.1 Å². The maximum absolute atomic E-state index is 13.2. The highest BCUT2D eigenvalue weighted by molar-refractivity contribution is 6.76. The molecular formula is C22H33N5O3Si. The first-order valence-corrected chi connectivity index (χ1v) is 14.9. The Bertz CT molecular complexity index is 979. The van der Waals surface area contributed by atoms with Crippen LogP contribution in [0.4, 0.5) is 0 Å². The van der Waals surface area contributed by atoms with Gasteiger partial charge in [-0.25, -0.2) is 9.97 Å². The van der Waals surface area contributed by atoms with Gasteiger partial charge < -0.3 is 19.5 Å². The summed E-state index contributed by atoms with van der Waals surface area (Å²) in [6.45, 7) is 8.70. The number of carbonyl (C=O) groups is 2. The van der Waals surface area contributed by atoms with Crippen LogP contribution >= 0.6 is 0 Å². The van der Waals surface area contributed by atoms with E-state index in [-0.39, 0.29) is 11.8 Å². The minimum atomic E-state index is -1.17. The molecule has 0 radical (unpaired) electrons. The Kier molecular flexibility index (Phi) is 6.16. The number of hydrogen-bond acceptors (Lipinski definition) is 5. The van der Waals surface area contributed by atoms with Crippen LogP contribution in [0.5, 0.6) is 0 Å². The zero-order valence-corrected chi connectivity index (χ0v) is 20.0. The molecule has 0 unspecified atom stereocenters. The van der Waals surface area contributed by atoms with Crippen LogP contribution in [0.3, 0.4) is 0 Å². The lowest BCUT2D eigenvalue weighted by Gasteiger charge is -2.29. The van der Waals surface area contributed by atoms with Crippen LogP contribution in [0.15, 0.2) is 12.4 Å². The zero-order chi connectivity index (χ0) is 22.2. The molecule has 4 rings (SSSR count). The van der Waals surface area contributed by atoms with Crippen LogP contribution in [0.25, 0.3) is 11.2 Å². The molecule has 0 spiro atoms. The monoisotopic (exact) mass is 443 g/mol. The Morgan fingerprint density at radius 3 is 2.77 bits per heavy atom. The largest absolute Gasteiger partial charge is 0.361 e. The molecule has 2 aromatic rings. The van der Waals surface area contributed by atoms with Crippen LogP contribution in [-0.4, -0.2) is 65.6 Å². The average Bonchev–Trinajstić information content (AvgIpc) is 3.50. The molecule has 2 aliphatic rings. The number of likely N-dealkylation sites (N-methyl/N-ethyl adjacent to an activating group) is 1. The number of nitrogens with zero attached hydrogens (tertiary/aromatic N) is 4. The van der Waals surface area contributed by atoms with Gasteiger partial charge in [0.2, 0.25) is 5.91 Å². The SMILES string of the molecule is CN1CCC[C@@H](NC(=O)c2cn(COCC[Si](C)(C)C)c3ncc(C4CC4)nc23)C1=O. The van der Waals surface area contributed by atoms with Crippen LogP contribution in [0.2, 0.25) is 25.7 Å². The molecule has 0 aromatic carbocycles. The fourth-order valence-corrected chi connectivity index (χ4v) is 4.61. The van der Waals surface area contributed by atoms with E-state index in [1.165, 1.54) is 0 Å². The first-order valence-electron chi connectivity index (χ1n) is 11.2. The highest BCUT2D eigenvalue weighted by atomic mass is 28.3. The van der Waals surface area contributed by atoms with Gasteiger partial charge in [0.1, 0.15) is 18.3 Å². The summed E-state index contributed by atoms with van der Waals surface area (Å²) >= 11 is 0. The number of carbonyl (C=O) groups excluding carboxylic acids is 2. The molecule has 2 aromatic heterocycles. The van der Waals surface area contributed by atoms with E-state index >= 15 is 0 Å². The maximum Gasteiger partial charge on any atom is 0.255 e. The molecular weight excluding hydrogens is 410 g/mol. The first kappa shape index (κ1) is 21.9. The number of fused-ring (bicyclic) bond motifs is 1. The van der Waals surface area contributed by atoms with Crippen molar-refractivity contribution in [2.45, 2.75) is 70.1 Å². The van der Waals surface area contributed by atoms with Gasteiger partial charge in [0, 0.05) is 40.4 Å². The lowest BCUT2D eigenvalue weighted by atomic mass is 10.0. The Morgan fingerprint density at radius 2 is 2.06 bits per heavy atom. The fraction of sp³-hybridized carbons (Fsp3) is 0.636. The molecule has 1 N–H and O–H groups in total.